The van der Waals surface area contributed by atoms with E-state index in [2.05, 4.69) is 25.7 Å². The first-order chi connectivity index (χ1) is 14.4. The standard InChI is InChI=1S/C20H22N6O4/c1-12-15(13(2)26-19(24-12)22-11-23-26)9-10-16(27)30-17(14-7-5-4-6-8-14)18(28)25-20(29)21-3/h4-8,11,17H,9-10H2,1-3H3,(H2,21,25,28,29). The molecule has 0 spiro atoms. The molecule has 0 fully saturated rings. The number of benzene rings is 1. The predicted molar refractivity (Wildman–Crippen MR) is 106 cm³/mol. The Morgan fingerprint density at radius 2 is 1.90 bits per heavy atom. The lowest BCUT2D eigenvalue weighted by molar-refractivity contribution is -0.156. The van der Waals surface area contributed by atoms with Crippen molar-refractivity contribution in [2.24, 2.45) is 0 Å². The third-order valence-corrected chi connectivity index (χ3v) is 4.62. The minimum atomic E-state index is -1.24. The number of amides is 3. The summed E-state index contributed by atoms with van der Waals surface area (Å²) in [5, 5.41) is 8.57. The van der Waals surface area contributed by atoms with Gasteiger partial charge in [0.25, 0.3) is 11.7 Å². The highest BCUT2D eigenvalue weighted by molar-refractivity contribution is 5.97. The molecule has 0 bridgehead atoms. The summed E-state index contributed by atoms with van der Waals surface area (Å²) in [5.74, 6) is -0.813. The number of carbonyl (C=O) groups is 3. The quantitative estimate of drug-likeness (QED) is 0.588. The summed E-state index contributed by atoms with van der Waals surface area (Å²) in [6.07, 6.45) is 0.564. The summed E-state index contributed by atoms with van der Waals surface area (Å²) in [6.45, 7) is 3.71. The van der Waals surface area contributed by atoms with Gasteiger partial charge in [0.15, 0.2) is 0 Å². The number of ether oxygens (including phenoxy) is 1. The molecule has 3 rings (SSSR count). The molecular weight excluding hydrogens is 388 g/mol. The van der Waals surface area contributed by atoms with Crippen LogP contribution in [-0.4, -0.2) is 44.5 Å². The number of imide groups is 1. The summed E-state index contributed by atoms with van der Waals surface area (Å²) in [7, 11) is 1.39. The third kappa shape index (κ3) is 4.59. The van der Waals surface area contributed by atoms with Crippen molar-refractivity contribution in [2.75, 3.05) is 7.05 Å². The molecule has 0 aliphatic rings. The number of esters is 1. The first-order valence-corrected chi connectivity index (χ1v) is 9.33. The van der Waals surface area contributed by atoms with Crippen LogP contribution in [0.1, 0.15) is 35.0 Å². The number of urea groups is 1. The molecule has 10 heteroatoms. The summed E-state index contributed by atoms with van der Waals surface area (Å²) in [4.78, 5) is 45.0. The van der Waals surface area contributed by atoms with E-state index in [1.807, 2.05) is 13.8 Å². The van der Waals surface area contributed by atoms with E-state index in [9.17, 15) is 14.4 Å². The fourth-order valence-corrected chi connectivity index (χ4v) is 3.08. The fourth-order valence-electron chi connectivity index (χ4n) is 3.08. The lowest BCUT2D eigenvalue weighted by Crippen LogP contribution is -2.41. The number of nitrogens with zero attached hydrogens (tertiary/aromatic N) is 4. The maximum Gasteiger partial charge on any atom is 0.321 e. The van der Waals surface area contributed by atoms with Gasteiger partial charge in [-0.1, -0.05) is 30.3 Å². The summed E-state index contributed by atoms with van der Waals surface area (Å²) < 4.78 is 7.04. The van der Waals surface area contributed by atoms with Gasteiger partial charge in [-0.15, -0.1) is 0 Å². The van der Waals surface area contributed by atoms with Crippen molar-refractivity contribution in [3.8, 4) is 0 Å². The van der Waals surface area contributed by atoms with Crippen LogP contribution in [0.3, 0.4) is 0 Å². The highest BCUT2D eigenvalue weighted by Crippen LogP contribution is 2.20. The van der Waals surface area contributed by atoms with Crippen molar-refractivity contribution in [3.05, 3.63) is 59.2 Å². The molecule has 0 aliphatic heterocycles. The molecule has 2 N–H and O–H groups in total. The van der Waals surface area contributed by atoms with Crippen molar-refractivity contribution >= 4 is 23.7 Å². The van der Waals surface area contributed by atoms with Crippen molar-refractivity contribution in [1.82, 2.24) is 30.2 Å². The molecular formula is C20H22N6O4. The first-order valence-electron chi connectivity index (χ1n) is 9.33. The second-order valence-corrected chi connectivity index (χ2v) is 6.58. The minimum absolute atomic E-state index is 0.0279. The topological polar surface area (TPSA) is 128 Å². The Morgan fingerprint density at radius 1 is 1.17 bits per heavy atom. The van der Waals surface area contributed by atoms with Crippen LogP contribution in [0.5, 0.6) is 0 Å². The molecule has 0 saturated carbocycles. The molecule has 0 radical (unpaired) electrons. The van der Waals surface area contributed by atoms with E-state index < -0.39 is 24.0 Å². The van der Waals surface area contributed by atoms with Crippen LogP contribution in [-0.2, 0) is 20.7 Å². The van der Waals surface area contributed by atoms with E-state index in [-0.39, 0.29) is 6.42 Å². The van der Waals surface area contributed by atoms with E-state index in [0.29, 0.717) is 17.8 Å². The Hall–Kier alpha value is -3.82. The highest BCUT2D eigenvalue weighted by Gasteiger charge is 2.26. The van der Waals surface area contributed by atoms with Gasteiger partial charge in [0, 0.05) is 30.4 Å². The van der Waals surface area contributed by atoms with Crippen molar-refractivity contribution in [3.63, 3.8) is 0 Å². The van der Waals surface area contributed by atoms with E-state index in [1.165, 1.54) is 13.4 Å². The zero-order chi connectivity index (χ0) is 21.7. The molecule has 1 aromatic carbocycles. The van der Waals surface area contributed by atoms with Crippen LogP contribution in [0.15, 0.2) is 36.7 Å². The third-order valence-electron chi connectivity index (χ3n) is 4.62. The van der Waals surface area contributed by atoms with Crippen molar-refractivity contribution < 1.29 is 19.1 Å². The molecule has 3 aromatic rings. The van der Waals surface area contributed by atoms with Crippen LogP contribution in [0.4, 0.5) is 4.79 Å². The molecule has 3 amide bonds. The Labute approximate surface area is 172 Å². The lowest BCUT2D eigenvalue weighted by Gasteiger charge is -2.18. The number of fused-ring (bicyclic) bond motifs is 1. The predicted octanol–water partition coefficient (Wildman–Crippen LogP) is 1.41. The molecule has 10 nitrogen and oxygen atoms in total. The smallest absolute Gasteiger partial charge is 0.321 e. The van der Waals surface area contributed by atoms with Gasteiger partial charge in [-0.2, -0.15) is 10.1 Å². The van der Waals surface area contributed by atoms with Gasteiger partial charge in [-0.05, 0) is 25.8 Å². The number of carbonyl (C=O) groups excluding carboxylic acids is 3. The van der Waals surface area contributed by atoms with E-state index >= 15 is 0 Å². The maximum atomic E-state index is 12.5. The Bertz CT molecular complexity index is 1080. The molecule has 1 atom stereocenters. The van der Waals surface area contributed by atoms with Crippen molar-refractivity contribution in [2.45, 2.75) is 32.8 Å². The number of hydrogen-bond donors (Lipinski definition) is 2. The molecule has 156 valence electrons. The number of aryl methyl sites for hydroxylation is 2. The van der Waals surface area contributed by atoms with Gasteiger partial charge in [0.1, 0.15) is 6.33 Å². The average Bonchev–Trinajstić information content (AvgIpc) is 3.20. The van der Waals surface area contributed by atoms with Crippen LogP contribution in [0.2, 0.25) is 0 Å². The molecule has 2 heterocycles. The second-order valence-electron chi connectivity index (χ2n) is 6.58. The van der Waals surface area contributed by atoms with Gasteiger partial charge >= 0.3 is 12.0 Å². The van der Waals surface area contributed by atoms with Crippen LogP contribution >= 0.6 is 0 Å². The maximum absolute atomic E-state index is 12.5. The Morgan fingerprint density at radius 3 is 2.60 bits per heavy atom. The van der Waals surface area contributed by atoms with Gasteiger partial charge in [0.05, 0.1) is 0 Å². The molecule has 0 saturated heterocycles. The van der Waals surface area contributed by atoms with Crippen LogP contribution < -0.4 is 10.6 Å². The van der Waals surface area contributed by atoms with Gasteiger partial charge in [-0.3, -0.25) is 14.9 Å². The fraction of sp³-hybridized carbons (Fsp3) is 0.300. The minimum Gasteiger partial charge on any atom is -0.447 e. The van der Waals surface area contributed by atoms with Crippen molar-refractivity contribution in [1.29, 1.82) is 0 Å². The Kier molecular flexibility index (Phi) is 6.35. The summed E-state index contributed by atoms with van der Waals surface area (Å²) >= 11 is 0. The lowest BCUT2D eigenvalue weighted by atomic mass is 10.1. The number of nitrogens with one attached hydrogen (secondary N) is 2. The van der Waals surface area contributed by atoms with Gasteiger partial charge in [-0.25, -0.2) is 14.3 Å². The monoisotopic (exact) mass is 410 g/mol. The second kappa shape index (κ2) is 9.12. The highest BCUT2D eigenvalue weighted by atomic mass is 16.5. The van der Waals surface area contributed by atoms with Crippen LogP contribution in [0.25, 0.3) is 5.78 Å². The number of rotatable bonds is 6. The average molecular weight is 410 g/mol. The normalized spacial score (nSPS) is 11.7. The molecule has 0 aliphatic carbocycles. The van der Waals surface area contributed by atoms with Gasteiger partial charge in [0.2, 0.25) is 6.10 Å². The number of hydrogen-bond acceptors (Lipinski definition) is 7. The molecule has 2 aromatic heterocycles. The first kappa shape index (κ1) is 20.9. The molecule has 30 heavy (non-hydrogen) atoms. The van der Waals surface area contributed by atoms with E-state index in [4.69, 9.17) is 4.74 Å². The van der Waals surface area contributed by atoms with Crippen LogP contribution in [0, 0.1) is 13.8 Å². The zero-order valence-electron chi connectivity index (χ0n) is 16.9. The van der Waals surface area contributed by atoms with Gasteiger partial charge < -0.3 is 10.1 Å². The summed E-state index contributed by atoms with van der Waals surface area (Å²) in [6, 6.07) is 7.83. The zero-order valence-corrected chi connectivity index (χ0v) is 16.9. The molecule has 1 unspecified atom stereocenters. The number of aromatic nitrogens is 4. The van der Waals surface area contributed by atoms with E-state index in [0.717, 1.165) is 17.0 Å². The largest absolute Gasteiger partial charge is 0.447 e. The van der Waals surface area contributed by atoms with E-state index in [1.54, 1.807) is 34.8 Å². The SMILES string of the molecule is CNC(=O)NC(=O)C(OC(=O)CCc1c(C)nc2ncnn2c1C)c1ccccc1. The summed E-state index contributed by atoms with van der Waals surface area (Å²) in [5.41, 5.74) is 2.90. The Balaban J connectivity index is 1.73.